The molecule has 0 spiro atoms. The van der Waals surface area contributed by atoms with Gasteiger partial charge >= 0.3 is 0 Å². The quantitative estimate of drug-likeness (QED) is 0.454. The molecule has 1 fully saturated rings. The fraction of sp³-hybridized carbons (Fsp3) is 0.688. The summed E-state index contributed by atoms with van der Waals surface area (Å²) in [6.45, 7) is 7.49. The molecule has 5 nitrogen and oxygen atoms in total. The van der Waals surface area contributed by atoms with Gasteiger partial charge in [-0.15, -0.1) is 0 Å². The number of rotatable bonds is 8. The van der Waals surface area contributed by atoms with E-state index >= 15 is 0 Å². The molecule has 2 heterocycles. The van der Waals surface area contributed by atoms with E-state index in [2.05, 4.69) is 10.2 Å². The van der Waals surface area contributed by atoms with Gasteiger partial charge in [-0.1, -0.05) is 0 Å². The fourth-order valence-corrected chi connectivity index (χ4v) is 2.44. The fourth-order valence-electron chi connectivity index (χ4n) is 2.44. The standard InChI is InChI=1S/C16H27N3O2/c1-2-20-13-6-9-17-16(19-11-3-4-12-19)18-10-8-15-7-5-14-21-15/h5,7,14H,2-4,6,8-13H2,1H3,(H,17,18). The van der Waals surface area contributed by atoms with Crippen molar-refractivity contribution in [1.29, 1.82) is 0 Å². The lowest BCUT2D eigenvalue weighted by molar-refractivity contribution is 0.146. The third kappa shape index (κ3) is 5.79. The van der Waals surface area contributed by atoms with Crippen LogP contribution in [0.4, 0.5) is 0 Å². The number of hydrogen-bond donors (Lipinski definition) is 1. The van der Waals surface area contributed by atoms with Crippen LogP contribution in [0.3, 0.4) is 0 Å². The van der Waals surface area contributed by atoms with E-state index in [1.165, 1.54) is 12.8 Å². The van der Waals surface area contributed by atoms with E-state index in [-0.39, 0.29) is 0 Å². The Morgan fingerprint density at radius 2 is 2.29 bits per heavy atom. The maximum absolute atomic E-state index is 5.36. The lowest BCUT2D eigenvalue weighted by Crippen LogP contribution is -2.40. The highest BCUT2D eigenvalue weighted by Gasteiger charge is 2.15. The molecule has 0 saturated carbocycles. The summed E-state index contributed by atoms with van der Waals surface area (Å²) in [7, 11) is 0. The molecule has 1 aromatic heterocycles. The highest BCUT2D eigenvalue weighted by Crippen LogP contribution is 2.08. The molecule has 0 aliphatic carbocycles. The Kier molecular flexibility index (Phi) is 7.15. The van der Waals surface area contributed by atoms with Gasteiger partial charge < -0.3 is 19.4 Å². The number of nitrogens with one attached hydrogen (secondary N) is 1. The van der Waals surface area contributed by atoms with Gasteiger partial charge in [-0.05, 0) is 38.3 Å². The van der Waals surface area contributed by atoms with E-state index in [0.29, 0.717) is 0 Å². The van der Waals surface area contributed by atoms with Crippen LogP contribution in [0.5, 0.6) is 0 Å². The Bertz CT molecular complexity index is 398. The Hall–Kier alpha value is -1.49. The predicted molar refractivity (Wildman–Crippen MR) is 84.6 cm³/mol. The van der Waals surface area contributed by atoms with Gasteiger partial charge in [0, 0.05) is 45.8 Å². The van der Waals surface area contributed by atoms with E-state index in [1.54, 1.807) is 6.26 Å². The van der Waals surface area contributed by atoms with Gasteiger partial charge in [0.05, 0.1) is 6.26 Å². The number of guanidine groups is 1. The molecule has 0 bridgehead atoms. The third-order valence-electron chi connectivity index (χ3n) is 3.55. The summed E-state index contributed by atoms with van der Waals surface area (Å²) in [6, 6.07) is 3.94. The first-order valence-electron chi connectivity index (χ1n) is 8.03. The van der Waals surface area contributed by atoms with Gasteiger partial charge in [0.15, 0.2) is 5.96 Å². The summed E-state index contributed by atoms with van der Waals surface area (Å²) >= 11 is 0. The lowest BCUT2D eigenvalue weighted by atomic mass is 10.3. The molecule has 1 aromatic rings. The second kappa shape index (κ2) is 9.45. The normalized spacial score (nSPS) is 15.7. The minimum absolute atomic E-state index is 0.782. The summed E-state index contributed by atoms with van der Waals surface area (Å²) in [5.74, 6) is 2.05. The molecule has 0 amide bonds. The predicted octanol–water partition coefficient (Wildman–Crippen LogP) is 2.29. The summed E-state index contributed by atoms with van der Waals surface area (Å²) < 4.78 is 10.7. The molecule has 2 rings (SSSR count). The van der Waals surface area contributed by atoms with E-state index in [0.717, 1.165) is 64.0 Å². The second-order valence-electron chi connectivity index (χ2n) is 5.21. The number of aliphatic imine (C=N–C) groups is 1. The first kappa shape index (κ1) is 15.9. The molecule has 1 N–H and O–H groups in total. The first-order valence-corrected chi connectivity index (χ1v) is 8.03. The Morgan fingerprint density at radius 1 is 1.43 bits per heavy atom. The zero-order valence-electron chi connectivity index (χ0n) is 13.0. The SMILES string of the molecule is CCOCCCN=C(NCCc1ccco1)N1CCCC1. The highest BCUT2D eigenvalue weighted by molar-refractivity contribution is 5.80. The van der Waals surface area contributed by atoms with Crippen LogP contribution in [0.25, 0.3) is 0 Å². The minimum atomic E-state index is 0.782. The van der Waals surface area contributed by atoms with E-state index in [9.17, 15) is 0 Å². The summed E-state index contributed by atoms with van der Waals surface area (Å²) in [5, 5.41) is 3.47. The third-order valence-corrected chi connectivity index (χ3v) is 3.55. The van der Waals surface area contributed by atoms with Crippen molar-refractivity contribution in [2.45, 2.75) is 32.6 Å². The summed E-state index contributed by atoms with van der Waals surface area (Å²) in [4.78, 5) is 7.07. The van der Waals surface area contributed by atoms with Crippen LogP contribution < -0.4 is 5.32 Å². The molecule has 0 atom stereocenters. The van der Waals surface area contributed by atoms with Gasteiger partial charge in [-0.3, -0.25) is 4.99 Å². The average Bonchev–Trinajstić information content (AvgIpc) is 3.18. The van der Waals surface area contributed by atoms with Crippen LogP contribution in [-0.4, -0.2) is 50.3 Å². The maximum atomic E-state index is 5.36. The molecule has 1 aliphatic heterocycles. The van der Waals surface area contributed by atoms with Crippen molar-refractivity contribution in [2.24, 2.45) is 4.99 Å². The van der Waals surface area contributed by atoms with Gasteiger partial charge in [0.1, 0.15) is 5.76 Å². The number of nitrogens with zero attached hydrogens (tertiary/aromatic N) is 2. The van der Waals surface area contributed by atoms with E-state index < -0.39 is 0 Å². The number of hydrogen-bond acceptors (Lipinski definition) is 3. The van der Waals surface area contributed by atoms with Crippen molar-refractivity contribution in [3.63, 3.8) is 0 Å². The second-order valence-corrected chi connectivity index (χ2v) is 5.21. The first-order chi connectivity index (χ1) is 10.4. The Labute approximate surface area is 127 Å². The molecule has 1 saturated heterocycles. The van der Waals surface area contributed by atoms with Gasteiger partial charge in [-0.2, -0.15) is 0 Å². The van der Waals surface area contributed by atoms with Crippen LogP contribution in [0.1, 0.15) is 31.9 Å². The summed E-state index contributed by atoms with van der Waals surface area (Å²) in [5.41, 5.74) is 0. The number of ether oxygens (including phenoxy) is 1. The molecular weight excluding hydrogens is 266 g/mol. The number of furan rings is 1. The van der Waals surface area contributed by atoms with Crippen molar-refractivity contribution >= 4 is 5.96 Å². The van der Waals surface area contributed by atoms with E-state index in [1.807, 2.05) is 19.1 Å². The van der Waals surface area contributed by atoms with Gasteiger partial charge in [-0.25, -0.2) is 0 Å². The van der Waals surface area contributed by atoms with Crippen LogP contribution in [0.2, 0.25) is 0 Å². The Balaban J connectivity index is 1.75. The van der Waals surface area contributed by atoms with Crippen LogP contribution >= 0.6 is 0 Å². The molecular formula is C16H27N3O2. The van der Waals surface area contributed by atoms with Crippen molar-refractivity contribution in [1.82, 2.24) is 10.2 Å². The average molecular weight is 293 g/mol. The molecule has 0 radical (unpaired) electrons. The summed E-state index contributed by atoms with van der Waals surface area (Å²) in [6.07, 6.45) is 6.11. The van der Waals surface area contributed by atoms with Crippen molar-refractivity contribution in [2.75, 3.05) is 39.4 Å². The zero-order chi connectivity index (χ0) is 14.8. The monoisotopic (exact) mass is 293 g/mol. The zero-order valence-corrected chi connectivity index (χ0v) is 13.0. The molecule has 5 heteroatoms. The van der Waals surface area contributed by atoms with Crippen LogP contribution in [0.15, 0.2) is 27.8 Å². The molecule has 21 heavy (non-hydrogen) atoms. The lowest BCUT2D eigenvalue weighted by Gasteiger charge is -2.21. The highest BCUT2D eigenvalue weighted by atomic mass is 16.5. The largest absolute Gasteiger partial charge is 0.469 e. The van der Waals surface area contributed by atoms with Gasteiger partial charge in [0.2, 0.25) is 0 Å². The molecule has 118 valence electrons. The molecule has 0 unspecified atom stereocenters. The van der Waals surface area contributed by atoms with Crippen LogP contribution in [0, 0.1) is 0 Å². The van der Waals surface area contributed by atoms with Crippen molar-refractivity contribution in [3.8, 4) is 0 Å². The smallest absolute Gasteiger partial charge is 0.193 e. The molecule has 0 aromatic carbocycles. The van der Waals surface area contributed by atoms with Crippen LogP contribution in [-0.2, 0) is 11.2 Å². The van der Waals surface area contributed by atoms with Crippen molar-refractivity contribution in [3.05, 3.63) is 24.2 Å². The molecule has 1 aliphatic rings. The van der Waals surface area contributed by atoms with E-state index in [4.69, 9.17) is 14.1 Å². The van der Waals surface area contributed by atoms with Gasteiger partial charge in [0.25, 0.3) is 0 Å². The van der Waals surface area contributed by atoms with Crippen molar-refractivity contribution < 1.29 is 9.15 Å². The number of likely N-dealkylation sites (tertiary alicyclic amines) is 1. The Morgan fingerprint density at radius 3 is 3.00 bits per heavy atom. The topological polar surface area (TPSA) is 50.0 Å². The maximum Gasteiger partial charge on any atom is 0.193 e. The minimum Gasteiger partial charge on any atom is -0.469 e.